The first kappa shape index (κ1) is 24.6. The van der Waals surface area contributed by atoms with Crippen LogP contribution in [0.4, 0.5) is 17.6 Å². The number of primary amides is 1. The van der Waals surface area contributed by atoms with Gasteiger partial charge in [0, 0.05) is 18.0 Å². The van der Waals surface area contributed by atoms with Gasteiger partial charge in [-0.2, -0.15) is 10.2 Å². The molecule has 2 fully saturated rings. The van der Waals surface area contributed by atoms with Crippen molar-refractivity contribution in [2.45, 2.75) is 63.1 Å². The summed E-state index contributed by atoms with van der Waals surface area (Å²) in [6.07, 6.45) is 6.41. The van der Waals surface area contributed by atoms with E-state index < -0.39 is 0 Å². The van der Waals surface area contributed by atoms with Crippen molar-refractivity contribution in [2.75, 3.05) is 10.6 Å². The molecule has 2 aliphatic carbocycles. The molecule has 2 heterocycles. The predicted octanol–water partition coefficient (Wildman–Crippen LogP) is 4.29. The van der Waals surface area contributed by atoms with Crippen molar-refractivity contribution < 1.29 is 9.90 Å². The molecule has 2 aliphatic rings. The zero-order valence-corrected chi connectivity index (χ0v) is 20.9. The van der Waals surface area contributed by atoms with Gasteiger partial charge < -0.3 is 21.5 Å². The van der Waals surface area contributed by atoms with Gasteiger partial charge in [0.05, 0.1) is 39.7 Å². The summed E-state index contributed by atoms with van der Waals surface area (Å²) in [6.45, 7) is 0. The Kier molecular flexibility index (Phi) is 6.88. The van der Waals surface area contributed by atoms with Gasteiger partial charge >= 0.3 is 0 Å². The molecule has 0 saturated heterocycles. The number of fused-ring (bicyclic) bond motifs is 1. The Balaban J connectivity index is 1.53. The maximum atomic E-state index is 11.7. The molecule has 3 aromatic rings. The Labute approximate surface area is 217 Å². The third kappa shape index (κ3) is 4.91. The van der Waals surface area contributed by atoms with Gasteiger partial charge in [-0.15, -0.1) is 0 Å². The molecular weight excluding hydrogens is 503 g/mol. The van der Waals surface area contributed by atoms with Gasteiger partial charge in [0.25, 0.3) is 0 Å². The molecule has 2 saturated carbocycles. The topological polar surface area (TPSA) is 155 Å². The first-order chi connectivity index (χ1) is 17.3. The monoisotopic (exact) mass is 528 g/mol. The number of hydrogen-bond donors (Lipinski definition) is 4. The van der Waals surface area contributed by atoms with Crippen LogP contribution in [0, 0.1) is 17.2 Å². The fourth-order valence-electron chi connectivity index (χ4n) is 5.15. The van der Waals surface area contributed by atoms with E-state index in [0.29, 0.717) is 63.6 Å². The van der Waals surface area contributed by atoms with E-state index in [1.165, 1.54) is 0 Å². The fourth-order valence-corrected chi connectivity index (χ4v) is 5.73. The molecule has 1 aromatic carbocycles. The number of nitrogens with two attached hydrogens (primary N) is 1. The number of nitrogens with zero attached hydrogens (tertiary/aromatic N) is 5. The van der Waals surface area contributed by atoms with Crippen LogP contribution in [0.15, 0.2) is 18.3 Å². The number of imidazole rings is 1. The molecule has 12 heteroatoms. The third-order valence-electron chi connectivity index (χ3n) is 7.04. The summed E-state index contributed by atoms with van der Waals surface area (Å²) in [5.41, 5.74) is 7.57. The van der Waals surface area contributed by atoms with Crippen molar-refractivity contribution in [3.05, 3.63) is 33.9 Å². The molecule has 2 aromatic heterocycles. The molecule has 0 aliphatic heterocycles. The standard InChI is InChI=1S/C24H26Cl2N8O2/c25-17-7-12(10-27)8-18(26)20(17)32-24-31-19-11-29-23(30-14-3-6-16(35)9-14)33-22(19)34(24)15-4-1-13(2-5-15)21(28)36/h7-8,11,13-16,35H,1-6,9H2,(H2,28,36)(H,31,32)(H,29,30,33)/t13-,14-,15+,16?/m1/s1. The Morgan fingerprint density at radius 1 is 1.14 bits per heavy atom. The van der Waals surface area contributed by atoms with E-state index in [-0.39, 0.29) is 30.0 Å². The number of carbonyl (C=O) groups is 1. The average molecular weight is 529 g/mol. The van der Waals surface area contributed by atoms with E-state index in [1.807, 2.05) is 10.6 Å². The summed E-state index contributed by atoms with van der Waals surface area (Å²) in [5, 5.41) is 26.2. The molecule has 1 unspecified atom stereocenters. The van der Waals surface area contributed by atoms with Crippen LogP contribution < -0.4 is 16.4 Å². The molecule has 5 N–H and O–H groups in total. The molecule has 0 radical (unpaired) electrons. The number of aromatic nitrogens is 4. The molecule has 36 heavy (non-hydrogen) atoms. The highest BCUT2D eigenvalue weighted by Gasteiger charge is 2.30. The van der Waals surface area contributed by atoms with Crippen LogP contribution in [0.2, 0.25) is 10.0 Å². The van der Waals surface area contributed by atoms with Crippen molar-refractivity contribution >= 4 is 57.9 Å². The number of benzene rings is 1. The highest BCUT2D eigenvalue weighted by Crippen LogP contribution is 2.39. The lowest BCUT2D eigenvalue weighted by Crippen LogP contribution is -2.29. The maximum absolute atomic E-state index is 11.7. The number of halogens is 2. The number of hydrogen-bond acceptors (Lipinski definition) is 8. The van der Waals surface area contributed by atoms with Crippen molar-refractivity contribution in [3.63, 3.8) is 0 Å². The molecular formula is C24H26Cl2N8O2. The Bertz CT molecular complexity index is 1320. The van der Waals surface area contributed by atoms with Gasteiger partial charge in [-0.1, -0.05) is 23.2 Å². The Morgan fingerprint density at radius 2 is 1.86 bits per heavy atom. The summed E-state index contributed by atoms with van der Waals surface area (Å²) in [4.78, 5) is 25.7. The number of amides is 1. The normalized spacial score (nSPS) is 23.9. The summed E-state index contributed by atoms with van der Waals surface area (Å²) in [5.74, 6) is 0.542. The van der Waals surface area contributed by atoms with Gasteiger partial charge in [0.1, 0.15) is 5.52 Å². The summed E-state index contributed by atoms with van der Waals surface area (Å²) < 4.78 is 2.01. The SMILES string of the molecule is N#Cc1cc(Cl)c(Nc2nc3cnc(N[C@@H]4CCC(O)C4)nc3n2[C@H]2CC[C@@H](C(N)=O)CC2)c(Cl)c1. The number of aliphatic hydroxyl groups is 1. The second-order valence-corrected chi connectivity index (χ2v) is 10.3. The number of nitriles is 1. The van der Waals surface area contributed by atoms with Crippen LogP contribution in [0.1, 0.15) is 56.6 Å². The number of anilines is 3. The van der Waals surface area contributed by atoms with Gasteiger partial charge in [0.15, 0.2) is 5.65 Å². The zero-order valence-electron chi connectivity index (χ0n) is 19.4. The van der Waals surface area contributed by atoms with Gasteiger partial charge in [0.2, 0.25) is 17.8 Å². The highest BCUT2D eigenvalue weighted by molar-refractivity contribution is 6.39. The van der Waals surface area contributed by atoms with E-state index >= 15 is 0 Å². The zero-order chi connectivity index (χ0) is 25.4. The van der Waals surface area contributed by atoms with E-state index in [1.54, 1.807) is 18.3 Å². The molecule has 0 spiro atoms. The fraction of sp³-hybridized carbons (Fsp3) is 0.458. The van der Waals surface area contributed by atoms with Crippen LogP contribution >= 0.6 is 23.2 Å². The van der Waals surface area contributed by atoms with E-state index in [4.69, 9.17) is 38.9 Å². The number of nitrogens with one attached hydrogen (secondary N) is 2. The molecule has 10 nitrogen and oxygen atoms in total. The van der Waals surface area contributed by atoms with E-state index in [2.05, 4.69) is 15.6 Å². The largest absolute Gasteiger partial charge is 0.393 e. The van der Waals surface area contributed by atoms with Crippen molar-refractivity contribution in [1.29, 1.82) is 5.26 Å². The molecule has 1 amide bonds. The van der Waals surface area contributed by atoms with E-state index in [9.17, 15) is 15.2 Å². The summed E-state index contributed by atoms with van der Waals surface area (Å²) in [6, 6.07) is 5.24. The number of carbonyl (C=O) groups excluding carboxylic acids is 1. The predicted molar refractivity (Wildman–Crippen MR) is 137 cm³/mol. The van der Waals surface area contributed by atoms with Crippen molar-refractivity contribution in [2.24, 2.45) is 11.7 Å². The van der Waals surface area contributed by atoms with Gasteiger partial charge in [-0.05, 0) is 57.1 Å². The summed E-state index contributed by atoms with van der Waals surface area (Å²) >= 11 is 12.9. The van der Waals surface area contributed by atoms with Crippen molar-refractivity contribution in [3.8, 4) is 6.07 Å². The lowest BCUT2D eigenvalue weighted by molar-refractivity contribution is -0.122. The minimum Gasteiger partial charge on any atom is -0.393 e. The first-order valence-corrected chi connectivity index (χ1v) is 12.7. The van der Waals surface area contributed by atoms with Crippen LogP contribution in [-0.2, 0) is 4.79 Å². The summed E-state index contributed by atoms with van der Waals surface area (Å²) in [7, 11) is 0. The van der Waals surface area contributed by atoms with Crippen molar-refractivity contribution in [1.82, 2.24) is 19.5 Å². The van der Waals surface area contributed by atoms with Gasteiger partial charge in [-0.25, -0.2) is 9.97 Å². The molecule has 2 atom stereocenters. The van der Waals surface area contributed by atoms with Crippen LogP contribution in [0.25, 0.3) is 11.2 Å². The minimum absolute atomic E-state index is 0.0140. The Hall–Kier alpha value is -3.13. The lowest BCUT2D eigenvalue weighted by Gasteiger charge is -2.29. The molecule has 5 rings (SSSR count). The second-order valence-electron chi connectivity index (χ2n) is 9.48. The lowest BCUT2D eigenvalue weighted by atomic mass is 9.85. The maximum Gasteiger partial charge on any atom is 0.224 e. The third-order valence-corrected chi connectivity index (χ3v) is 7.64. The molecule has 188 valence electrons. The first-order valence-electron chi connectivity index (χ1n) is 12.0. The van der Waals surface area contributed by atoms with Crippen LogP contribution in [0.5, 0.6) is 0 Å². The number of rotatable bonds is 6. The number of aliphatic hydroxyl groups excluding tert-OH is 1. The van der Waals surface area contributed by atoms with Gasteiger partial charge in [-0.3, -0.25) is 9.36 Å². The smallest absolute Gasteiger partial charge is 0.224 e. The van der Waals surface area contributed by atoms with Crippen LogP contribution in [-0.4, -0.2) is 42.7 Å². The second kappa shape index (κ2) is 10.1. The highest BCUT2D eigenvalue weighted by atomic mass is 35.5. The Morgan fingerprint density at radius 3 is 2.47 bits per heavy atom. The molecule has 0 bridgehead atoms. The van der Waals surface area contributed by atoms with Crippen LogP contribution in [0.3, 0.4) is 0 Å². The average Bonchev–Trinajstić information content (AvgIpc) is 3.43. The van der Waals surface area contributed by atoms with E-state index in [0.717, 1.165) is 25.7 Å². The minimum atomic E-state index is -0.310. The quantitative estimate of drug-likeness (QED) is 0.369.